The van der Waals surface area contributed by atoms with Crippen LogP contribution in [0, 0.1) is 5.92 Å². The van der Waals surface area contributed by atoms with Crippen molar-refractivity contribution in [3.8, 4) is 0 Å². The molecule has 0 bridgehead atoms. The van der Waals surface area contributed by atoms with Gasteiger partial charge in [-0.3, -0.25) is 0 Å². The maximum absolute atomic E-state index is 12.4. The quantitative estimate of drug-likeness (QED) is 0.664. The van der Waals surface area contributed by atoms with Crippen LogP contribution >= 0.6 is 0 Å². The van der Waals surface area contributed by atoms with Crippen molar-refractivity contribution in [2.45, 2.75) is 64.8 Å². The van der Waals surface area contributed by atoms with E-state index in [1.54, 1.807) is 4.31 Å². The van der Waals surface area contributed by atoms with Crippen molar-refractivity contribution in [1.29, 1.82) is 0 Å². The summed E-state index contributed by atoms with van der Waals surface area (Å²) in [6.07, 6.45) is 6.38. The van der Waals surface area contributed by atoms with Gasteiger partial charge in [-0.2, -0.15) is 4.31 Å². The van der Waals surface area contributed by atoms with Crippen LogP contribution in [-0.4, -0.2) is 42.8 Å². The first-order valence-corrected chi connectivity index (χ1v) is 9.18. The number of rotatable bonds is 9. The number of sulfonamides is 1. The molecule has 1 fully saturated rings. The molecule has 1 N–H and O–H groups in total. The second-order valence-corrected chi connectivity index (χ2v) is 8.02. The van der Waals surface area contributed by atoms with E-state index < -0.39 is 10.0 Å². The Labute approximate surface area is 118 Å². The van der Waals surface area contributed by atoms with E-state index in [-0.39, 0.29) is 18.4 Å². The Hall–Kier alpha value is -0.130. The average Bonchev–Trinajstić information content (AvgIpc) is 2.82. The summed E-state index contributed by atoms with van der Waals surface area (Å²) < 4.78 is 26.7. The summed E-state index contributed by atoms with van der Waals surface area (Å²) in [4.78, 5) is 0. The molecular formula is C14H29NO3S. The molecule has 0 spiro atoms. The number of nitrogens with zero attached hydrogens (tertiary/aromatic N) is 1. The van der Waals surface area contributed by atoms with E-state index in [9.17, 15) is 8.42 Å². The second-order valence-electron chi connectivity index (χ2n) is 5.98. The third kappa shape index (κ3) is 5.79. The fourth-order valence-electron chi connectivity index (χ4n) is 2.64. The summed E-state index contributed by atoms with van der Waals surface area (Å²) in [5, 5.41) is 8.78. The molecule has 0 aromatic rings. The number of aliphatic hydroxyl groups excluding tert-OH is 1. The van der Waals surface area contributed by atoms with Gasteiger partial charge in [0.2, 0.25) is 10.0 Å². The van der Waals surface area contributed by atoms with Crippen LogP contribution < -0.4 is 0 Å². The van der Waals surface area contributed by atoms with Crippen molar-refractivity contribution in [1.82, 2.24) is 4.31 Å². The highest BCUT2D eigenvalue weighted by Gasteiger charge is 2.31. The van der Waals surface area contributed by atoms with E-state index >= 15 is 0 Å². The molecule has 114 valence electrons. The van der Waals surface area contributed by atoms with Gasteiger partial charge in [-0.25, -0.2) is 8.42 Å². The van der Waals surface area contributed by atoms with E-state index in [1.807, 2.05) is 0 Å². The van der Waals surface area contributed by atoms with E-state index in [2.05, 4.69) is 13.8 Å². The van der Waals surface area contributed by atoms with Gasteiger partial charge in [0, 0.05) is 19.2 Å². The maximum Gasteiger partial charge on any atom is 0.214 e. The summed E-state index contributed by atoms with van der Waals surface area (Å²) in [6.45, 7) is 4.99. The van der Waals surface area contributed by atoms with Crippen molar-refractivity contribution in [3.05, 3.63) is 0 Å². The first-order valence-electron chi connectivity index (χ1n) is 7.57. The third-order valence-corrected chi connectivity index (χ3v) is 5.83. The van der Waals surface area contributed by atoms with Gasteiger partial charge in [-0.05, 0) is 38.0 Å². The third-order valence-electron chi connectivity index (χ3n) is 3.83. The lowest BCUT2D eigenvalue weighted by atomic mass is 10.1. The Morgan fingerprint density at radius 2 is 1.84 bits per heavy atom. The summed E-state index contributed by atoms with van der Waals surface area (Å²) >= 11 is 0. The van der Waals surface area contributed by atoms with Crippen LogP contribution in [0.25, 0.3) is 0 Å². The van der Waals surface area contributed by atoms with Crippen molar-refractivity contribution >= 4 is 10.0 Å². The van der Waals surface area contributed by atoms with Crippen LogP contribution in [0.4, 0.5) is 0 Å². The Bertz CT molecular complexity index is 335. The van der Waals surface area contributed by atoms with Crippen LogP contribution in [0.5, 0.6) is 0 Å². The monoisotopic (exact) mass is 291 g/mol. The highest BCUT2D eigenvalue weighted by molar-refractivity contribution is 7.89. The molecule has 19 heavy (non-hydrogen) atoms. The zero-order valence-corrected chi connectivity index (χ0v) is 13.2. The Balaban J connectivity index is 2.64. The van der Waals surface area contributed by atoms with E-state index in [0.29, 0.717) is 25.3 Å². The standard InChI is InChI=1S/C14H29NO3S/c1-13(2)9-10-15(14-7-3-4-8-14)19(17,18)12-6-5-11-16/h13-14,16H,3-12H2,1-2H3. The maximum atomic E-state index is 12.4. The molecule has 0 aliphatic heterocycles. The average molecular weight is 291 g/mol. The molecule has 1 rings (SSSR count). The van der Waals surface area contributed by atoms with Crippen LogP contribution in [-0.2, 0) is 10.0 Å². The predicted octanol–water partition coefficient (Wildman–Crippen LogP) is 2.38. The summed E-state index contributed by atoms with van der Waals surface area (Å²) in [7, 11) is -3.15. The molecule has 0 atom stereocenters. The normalized spacial score (nSPS) is 17.7. The van der Waals surface area contributed by atoms with Crippen LogP contribution in [0.15, 0.2) is 0 Å². The van der Waals surface area contributed by atoms with E-state index in [4.69, 9.17) is 5.11 Å². The molecule has 0 radical (unpaired) electrons. The molecule has 1 saturated carbocycles. The molecule has 0 heterocycles. The predicted molar refractivity (Wildman–Crippen MR) is 78.5 cm³/mol. The molecule has 0 aromatic heterocycles. The zero-order valence-electron chi connectivity index (χ0n) is 12.3. The lowest BCUT2D eigenvalue weighted by Gasteiger charge is -2.28. The molecule has 0 aromatic carbocycles. The smallest absolute Gasteiger partial charge is 0.214 e. The van der Waals surface area contributed by atoms with Gasteiger partial charge in [0.25, 0.3) is 0 Å². The van der Waals surface area contributed by atoms with Crippen molar-refractivity contribution in [2.24, 2.45) is 5.92 Å². The molecule has 1 aliphatic carbocycles. The molecule has 1 aliphatic rings. The minimum atomic E-state index is -3.15. The van der Waals surface area contributed by atoms with Gasteiger partial charge in [-0.1, -0.05) is 26.7 Å². The van der Waals surface area contributed by atoms with Gasteiger partial charge in [0.05, 0.1) is 5.75 Å². The van der Waals surface area contributed by atoms with Gasteiger partial charge < -0.3 is 5.11 Å². The lowest BCUT2D eigenvalue weighted by Crippen LogP contribution is -2.41. The lowest BCUT2D eigenvalue weighted by molar-refractivity contribution is 0.284. The number of aliphatic hydroxyl groups is 1. The topological polar surface area (TPSA) is 57.6 Å². The van der Waals surface area contributed by atoms with Crippen molar-refractivity contribution in [2.75, 3.05) is 18.9 Å². The Kier molecular flexibility index (Phi) is 7.32. The molecule has 5 heteroatoms. The Morgan fingerprint density at radius 3 is 2.37 bits per heavy atom. The largest absolute Gasteiger partial charge is 0.396 e. The highest BCUT2D eigenvalue weighted by Crippen LogP contribution is 2.27. The van der Waals surface area contributed by atoms with Gasteiger partial charge in [0.15, 0.2) is 0 Å². The van der Waals surface area contributed by atoms with Gasteiger partial charge in [0.1, 0.15) is 0 Å². The minimum Gasteiger partial charge on any atom is -0.396 e. The second kappa shape index (κ2) is 8.22. The summed E-state index contributed by atoms with van der Waals surface area (Å²) in [5.74, 6) is 0.707. The van der Waals surface area contributed by atoms with E-state index in [1.165, 1.54) is 0 Å². The SMILES string of the molecule is CC(C)CCN(C1CCCC1)S(=O)(=O)CCCCO. The zero-order chi connectivity index (χ0) is 14.3. The number of hydrogen-bond donors (Lipinski definition) is 1. The van der Waals surface area contributed by atoms with Gasteiger partial charge >= 0.3 is 0 Å². The molecule has 0 saturated heterocycles. The van der Waals surface area contributed by atoms with Gasteiger partial charge in [-0.15, -0.1) is 0 Å². The Morgan fingerprint density at radius 1 is 1.21 bits per heavy atom. The molecule has 0 unspecified atom stereocenters. The first-order chi connectivity index (χ1) is 8.97. The summed E-state index contributed by atoms with van der Waals surface area (Å²) in [5.41, 5.74) is 0. The van der Waals surface area contributed by atoms with Crippen LogP contribution in [0.1, 0.15) is 58.8 Å². The summed E-state index contributed by atoms with van der Waals surface area (Å²) in [6, 6.07) is 0.220. The highest BCUT2D eigenvalue weighted by atomic mass is 32.2. The van der Waals surface area contributed by atoms with E-state index in [0.717, 1.165) is 32.1 Å². The number of unbranched alkanes of at least 4 members (excludes halogenated alkanes) is 1. The fraction of sp³-hybridized carbons (Fsp3) is 1.00. The molecular weight excluding hydrogens is 262 g/mol. The molecule has 0 amide bonds. The minimum absolute atomic E-state index is 0.0743. The van der Waals surface area contributed by atoms with Crippen molar-refractivity contribution in [3.63, 3.8) is 0 Å². The molecule has 4 nitrogen and oxygen atoms in total. The van der Waals surface area contributed by atoms with Crippen LogP contribution in [0.3, 0.4) is 0 Å². The fourth-order valence-corrected chi connectivity index (χ4v) is 4.49. The first kappa shape index (κ1) is 16.9. The number of hydrogen-bond acceptors (Lipinski definition) is 3. The van der Waals surface area contributed by atoms with Crippen molar-refractivity contribution < 1.29 is 13.5 Å². The van der Waals surface area contributed by atoms with Crippen LogP contribution in [0.2, 0.25) is 0 Å².